The first-order chi connectivity index (χ1) is 24.8. The molecule has 0 spiro atoms. The smallest absolute Gasteiger partial charge is 0.0259 e. The SMILES string of the molecule is CCCC1[C-]=CC(C(C)(C)C)=C1.[Cl-].[Cl-].[Zr+2]=[C](c1ccccc1)c1ccccc1.c1ccc(-c2ccc3c(c2)[cH-]c2cc(-c4ccccc4)ccc23)cc1. The zero-order valence-electron chi connectivity index (χ0n) is 31.0. The van der Waals surface area contributed by atoms with E-state index in [0.29, 0.717) is 11.3 Å². The number of allylic oxidation sites excluding steroid dienone is 4. The van der Waals surface area contributed by atoms with E-state index in [0.717, 1.165) is 0 Å². The third-order valence-corrected chi connectivity index (χ3v) is 10.8. The maximum atomic E-state index is 3.40. The summed E-state index contributed by atoms with van der Waals surface area (Å²) in [7, 11) is 0. The molecule has 8 rings (SSSR count). The van der Waals surface area contributed by atoms with E-state index in [1.807, 2.05) is 0 Å². The van der Waals surface area contributed by atoms with E-state index in [1.165, 1.54) is 101 Å². The van der Waals surface area contributed by atoms with Crippen molar-refractivity contribution in [2.45, 2.75) is 40.5 Å². The molecule has 0 fully saturated rings. The largest absolute Gasteiger partial charge is 0.126 e. The molecule has 1 aliphatic rings. The summed E-state index contributed by atoms with van der Waals surface area (Å²) >= 11 is 1.46. The topological polar surface area (TPSA) is 0 Å². The van der Waals surface area contributed by atoms with E-state index in [9.17, 15) is 0 Å². The van der Waals surface area contributed by atoms with Crippen molar-refractivity contribution in [3.8, 4) is 22.3 Å². The predicted molar refractivity (Wildman–Crippen MR) is 218 cm³/mol. The van der Waals surface area contributed by atoms with E-state index in [1.54, 1.807) is 0 Å². The molecule has 0 bridgehead atoms. The molecular formula is C50H46Cl2Zr-2. The third kappa shape index (κ3) is 11.0. The van der Waals surface area contributed by atoms with Gasteiger partial charge in [0.05, 0.1) is 0 Å². The van der Waals surface area contributed by atoms with Gasteiger partial charge in [-0.15, -0.1) is 39.7 Å². The molecule has 7 aromatic rings. The summed E-state index contributed by atoms with van der Waals surface area (Å²) in [6.45, 7) is 8.99. The third-order valence-electron chi connectivity index (χ3n) is 9.34. The second-order valence-corrected chi connectivity index (χ2v) is 15.4. The first-order valence-electron chi connectivity index (χ1n) is 18.0. The quantitative estimate of drug-likeness (QED) is 0.152. The molecule has 0 heterocycles. The van der Waals surface area contributed by atoms with Crippen molar-refractivity contribution >= 4 is 24.8 Å². The van der Waals surface area contributed by atoms with Crippen molar-refractivity contribution in [1.82, 2.24) is 0 Å². The van der Waals surface area contributed by atoms with E-state index in [-0.39, 0.29) is 24.8 Å². The maximum absolute atomic E-state index is 3.40. The van der Waals surface area contributed by atoms with Gasteiger partial charge in [-0.2, -0.15) is 11.6 Å². The van der Waals surface area contributed by atoms with Crippen LogP contribution >= 0.6 is 0 Å². The number of fused-ring (bicyclic) bond motifs is 3. The molecule has 1 atom stereocenters. The van der Waals surface area contributed by atoms with Crippen molar-refractivity contribution in [2.24, 2.45) is 11.3 Å². The van der Waals surface area contributed by atoms with Crippen LogP contribution in [0.4, 0.5) is 0 Å². The summed E-state index contributed by atoms with van der Waals surface area (Å²) < 4.78 is 1.42. The van der Waals surface area contributed by atoms with Crippen molar-refractivity contribution in [3.05, 3.63) is 199 Å². The summed E-state index contributed by atoms with van der Waals surface area (Å²) in [5.41, 5.74) is 9.47. The van der Waals surface area contributed by atoms with Crippen molar-refractivity contribution in [1.29, 1.82) is 0 Å². The number of halogens is 2. The molecule has 0 amide bonds. The summed E-state index contributed by atoms with van der Waals surface area (Å²) in [6.07, 6.45) is 10.4. The maximum Gasteiger partial charge on any atom is -0.0259 e. The van der Waals surface area contributed by atoms with Crippen LogP contribution in [-0.4, -0.2) is 3.21 Å². The summed E-state index contributed by atoms with van der Waals surface area (Å²) in [5.74, 6) is 0.587. The Morgan fingerprint density at radius 2 is 1.00 bits per heavy atom. The van der Waals surface area contributed by atoms with Crippen LogP contribution in [-0.2, 0) is 24.2 Å². The Labute approximate surface area is 344 Å². The zero-order valence-corrected chi connectivity index (χ0v) is 35.0. The second-order valence-electron chi connectivity index (χ2n) is 14.2. The van der Waals surface area contributed by atoms with Crippen LogP contribution in [0.5, 0.6) is 0 Å². The van der Waals surface area contributed by atoms with E-state index < -0.39 is 0 Å². The molecule has 0 radical (unpaired) electrons. The van der Waals surface area contributed by atoms with Gasteiger partial charge in [0.25, 0.3) is 0 Å². The molecule has 0 nitrogen and oxygen atoms in total. The molecule has 0 N–H and O–H groups in total. The Hall–Kier alpha value is -4.00. The normalized spacial score (nSPS) is 13.1. The first-order valence-corrected chi connectivity index (χ1v) is 19.3. The predicted octanol–water partition coefficient (Wildman–Crippen LogP) is 7.60. The van der Waals surface area contributed by atoms with Crippen LogP contribution < -0.4 is 24.8 Å². The Kier molecular flexibility index (Phi) is 15.7. The first kappa shape index (κ1) is 41.8. The van der Waals surface area contributed by atoms with E-state index in [2.05, 4.69) is 210 Å². The molecule has 1 aliphatic carbocycles. The average Bonchev–Trinajstić information content (AvgIpc) is 3.81. The van der Waals surface area contributed by atoms with Gasteiger partial charge in [0.2, 0.25) is 0 Å². The zero-order chi connectivity index (χ0) is 35.6. The number of benzene rings is 6. The van der Waals surface area contributed by atoms with Gasteiger partial charge in [0.1, 0.15) is 0 Å². The van der Waals surface area contributed by atoms with Gasteiger partial charge in [0.15, 0.2) is 0 Å². The minimum absolute atomic E-state index is 0. The molecule has 3 heteroatoms. The Morgan fingerprint density at radius 3 is 1.38 bits per heavy atom. The van der Waals surface area contributed by atoms with E-state index >= 15 is 0 Å². The molecule has 53 heavy (non-hydrogen) atoms. The van der Waals surface area contributed by atoms with Crippen LogP contribution in [0.2, 0.25) is 0 Å². The standard InChI is InChI=1S/C25H17.C13H10.C12H19.2ClH.Zr/c1-3-7-18(8-4-1)20-11-13-24-22(15-20)17-23-16-21(12-14-25(23)24)19-9-5-2-6-10-19;1-3-7-12(8-4-1)11-13-9-5-2-6-10-13;1-5-6-10-7-8-11(9-10)12(2,3)4;;;/h1-17H;1-10H;8-10H,5-6H2,1-4H3;2*1H;/q-1;;-1;;;+2/p-2. The van der Waals surface area contributed by atoms with Gasteiger partial charge in [-0.05, 0) is 11.1 Å². The summed E-state index contributed by atoms with van der Waals surface area (Å²) in [5, 5.41) is 5.27. The van der Waals surface area contributed by atoms with Crippen LogP contribution in [0, 0.1) is 17.4 Å². The Morgan fingerprint density at radius 1 is 0.585 bits per heavy atom. The Balaban J connectivity index is 0.000000192. The molecule has 0 aliphatic heterocycles. The fourth-order valence-electron chi connectivity index (χ4n) is 6.47. The minimum Gasteiger partial charge on any atom is -0.126 e. The van der Waals surface area contributed by atoms with Gasteiger partial charge in [-0.25, -0.2) is 6.08 Å². The molecule has 7 aromatic carbocycles. The molecule has 0 saturated heterocycles. The number of rotatable bonds is 6. The second kappa shape index (κ2) is 19.9. The van der Waals surface area contributed by atoms with Crippen LogP contribution in [0.25, 0.3) is 43.8 Å². The summed E-state index contributed by atoms with van der Waals surface area (Å²) in [4.78, 5) is 0. The molecule has 266 valence electrons. The fourth-order valence-corrected chi connectivity index (χ4v) is 7.29. The van der Waals surface area contributed by atoms with Crippen LogP contribution in [0.3, 0.4) is 0 Å². The molecule has 0 aromatic heterocycles. The number of hydrogen-bond donors (Lipinski definition) is 0. The average molecular weight is 809 g/mol. The monoisotopic (exact) mass is 806 g/mol. The van der Waals surface area contributed by atoms with Gasteiger partial charge < -0.3 is 24.8 Å². The van der Waals surface area contributed by atoms with Crippen molar-refractivity contribution in [3.63, 3.8) is 0 Å². The van der Waals surface area contributed by atoms with Gasteiger partial charge in [-0.3, -0.25) is 6.08 Å². The number of hydrogen-bond acceptors (Lipinski definition) is 0. The van der Waals surface area contributed by atoms with Crippen molar-refractivity contribution in [2.75, 3.05) is 0 Å². The molecule has 0 saturated carbocycles. The van der Waals surface area contributed by atoms with Crippen LogP contribution in [0.15, 0.2) is 182 Å². The molecular weight excluding hydrogens is 763 g/mol. The van der Waals surface area contributed by atoms with Gasteiger partial charge >= 0.3 is 99.2 Å². The van der Waals surface area contributed by atoms with Crippen LogP contribution in [0.1, 0.15) is 51.7 Å². The van der Waals surface area contributed by atoms with Gasteiger partial charge in [-0.1, -0.05) is 148 Å². The van der Waals surface area contributed by atoms with Crippen molar-refractivity contribution < 1.29 is 49.0 Å². The summed E-state index contributed by atoms with van der Waals surface area (Å²) in [6, 6.07) is 58.1. The molecule has 1 unspecified atom stereocenters. The minimum atomic E-state index is 0. The van der Waals surface area contributed by atoms with Gasteiger partial charge in [0, 0.05) is 0 Å². The van der Waals surface area contributed by atoms with E-state index in [4.69, 9.17) is 0 Å². The fraction of sp³-hybridized carbons (Fsp3) is 0.160. The Bertz CT molecular complexity index is 2110.